The standard InChI is InChI=1S/C16H18F2N2/c1-3-19-16(12-8-7-11(2)20-10-12)9-13-14(17)5-4-6-15(13)18/h4-8,10,16,19H,3,9H2,1-2H3. The minimum atomic E-state index is -0.507. The van der Waals surface area contributed by atoms with Crippen molar-refractivity contribution in [1.29, 1.82) is 0 Å². The monoisotopic (exact) mass is 276 g/mol. The first-order valence-corrected chi connectivity index (χ1v) is 6.70. The molecule has 0 aliphatic rings. The summed E-state index contributed by atoms with van der Waals surface area (Å²) in [5.41, 5.74) is 1.96. The summed E-state index contributed by atoms with van der Waals surface area (Å²) < 4.78 is 27.5. The molecule has 0 bridgehead atoms. The number of aromatic nitrogens is 1. The van der Waals surface area contributed by atoms with Gasteiger partial charge in [0.1, 0.15) is 11.6 Å². The zero-order valence-electron chi connectivity index (χ0n) is 11.7. The summed E-state index contributed by atoms with van der Waals surface area (Å²) in [6, 6.07) is 7.64. The van der Waals surface area contributed by atoms with Crippen LogP contribution in [0.3, 0.4) is 0 Å². The van der Waals surface area contributed by atoms with Gasteiger partial charge in [0.25, 0.3) is 0 Å². The lowest BCUT2D eigenvalue weighted by Gasteiger charge is -2.19. The molecule has 2 nitrogen and oxygen atoms in total. The van der Waals surface area contributed by atoms with E-state index in [1.807, 2.05) is 26.0 Å². The number of nitrogens with zero attached hydrogens (tertiary/aromatic N) is 1. The summed E-state index contributed by atoms with van der Waals surface area (Å²) in [6.07, 6.45) is 2.01. The topological polar surface area (TPSA) is 24.9 Å². The van der Waals surface area contributed by atoms with E-state index < -0.39 is 11.6 Å². The molecule has 1 aromatic carbocycles. The molecule has 0 aliphatic heterocycles. The van der Waals surface area contributed by atoms with E-state index in [0.29, 0.717) is 6.54 Å². The fourth-order valence-electron chi connectivity index (χ4n) is 2.17. The first-order valence-electron chi connectivity index (χ1n) is 6.70. The summed E-state index contributed by atoms with van der Waals surface area (Å²) >= 11 is 0. The Bertz CT molecular complexity index is 547. The second-order valence-corrected chi connectivity index (χ2v) is 4.75. The third-order valence-corrected chi connectivity index (χ3v) is 3.26. The molecule has 0 spiro atoms. The molecule has 1 heterocycles. The second kappa shape index (κ2) is 6.57. The van der Waals surface area contributed by atoms with Crippen molar-refractivity contribution in [2.75, 3.05) is 6.54 Å². The molecular weight excluding hydrogens is 258 g/mol. The van der Waals surface area contributed by atoms with Crippen molar-refractivity contribution in [3.05, 3.63) is 65.0 Å². The van der Waals surface area contributed by atoms with E-state index in [0.717, 1.165) is 11.3 Å². The van der Waals surface area contributed by atoms with Crippen molar-refractivity contribution in [1.82, 2.24) is 10.3 Å². The maximum Gasteiger partial charge on any atom is 0.129 e. The van der Waals surface area contributed by atoms with E-state index in [4.69, 9.17) is 0 Å². The Labute approximate surface area is 117 Å². The predicted octanol–water partition coefficient (Wildman–Crippen LogP) is 3.56. The highest BCUT2D eigenvalue weighted by molar-refractivity contribution is 5.25. The largest absolute Gasteiger partial charge is 0.310 e. The van der Waals surface area contributed by atoms with Gasteiger partial charge in [0, 0.05) is 23.5 Å². The molecule has 20 heavy (non-hydrogen) atoms. The van der Waals surface area contributed by atoms with Crippen molar-refractivity contribution in [2.24, 2.45) is 0 Å². The van der Waals surface area contributed by atoms with E-state index in [-0.39, 0.29) is 18.0 Å². The van der Waals surface area contributed by atoms with Crippen LogP contribution in [-0.4, -0.2) is 11.5 Å². The molecule has 2 aromatic rings. The Hall–Kier alpha value is -1.81. The minimum absolute atomic E-state index is 0.110. The molecule has 1 N–H and O–H groups in total. The van der Waals surface area contributed by atoms with Crippen LogP contribution in [0.1, 0.15) is 29.8 Å². The Balaban J connectivity index is 2.28. The van der Waals surface area contributed by atoms with Gasteiger partial charge in [-0.3, -0.25) is 4.98 Å². The number of halogens is 2. The van der Waals surface area contributed by atoms with Gasteiger partial charge in [0.05, 0.1) is 0 Å². The number of likely N-dealkylation sites (N-methyl/N-ethyl adjacent to an activating group) is 1. The number of hydrogen-bond donors (Lipinski definition) is 1. The van der Waals surface area contributed by atoms with Gasteiger partial charge in [-0.05, 0) is 43.7 Å². The normalized spacial score (nSPS) is 12.4. The smallest absolute Gasteiger partial charge is 0.129 e. The molecule has 0 fully saturated rings. The Morgan fingerprint density at radius 2 is 1.85 bits per heavy atom. The maximum absolute atomic E-state index is 13.7. The van der Waals surface area contributed by atoms with Crippen molar-refractivity contribution >= 4 is 0 Å². The molecule has 0 radical (unpaired) electrons. The van der Waals surface area contributed by atoms with Crippen LogP contribution >= 0.6 is 0 Å². The molecular formula is C16H18F2N2. The van der Waals surface area contributed by atoms with Crippen LogP contribution in [0, 0.1) is 18.6 Å². The minimum Gasteiger partial charge on any atom is -0.310 e. The first kappa shape index (κ1) is 14.6. The maximum atomic E-state index is 13.7. The number of benzene rings is 1. The fraction of sp³-hybridized carbons (Fsp3) is 0.312. The molecule has 1 unspecified atom stereocenters. The molecule has 0 saturated heterocycles. The van der Waals surface area contributed by atoms with E-state index in [1.165, 1.54) is 18.2 Å². The second-order valence-electron chi connectivity index (χ2n) is 4.75. The van der Waals surface area contributed by atoms with Crippen molar-refractivity contribution in [2.45, 2.75) is 26.3 Å². The summed E-state index contributed by atoms with van der Waals surface area (Å²) in [7, 11) is 0. The molecule has 0 saturated carbocycles. The third-order valence-electron chi connectivity index (χ3n) is 3.26. The summed E-state index contributed by atoms with van der Waals surface area (Å²) in [4.78, 5) is 4.24. The summed E-state index contributed by atoms with van der Waals surface area (Å²) in [6.45, 7) is 4.59. The van der Waals surface area contributed by atoms with Crippen LogP contribution in [0.4, 0.5) is 8.78 Å². The van der Waals surface area contributed by atoms with Gasteiger partial charge in [-0.2, -0.15) is 0 Å². The van der Waals surface area contributed by atoms with Crippen LogP contribution in [0.25, 0.3) is 0 Å². The molecule has 2 rings (SSSR count). The highest BCUT2D eigenvalue weighted by Crippen LogP contribution is 2.22. The van der Waals surface area contributed by atoms with E-state index in [2.05, 4.69) is 10.3 Å². The zero-order valence-corrected chi connectivity index (χ0v) is 11.7. The summed E-state index contributed by atoms with van der Waals surface area (Å²) in [5, 5.41) is 3.25. The van der Waals surface area contributed by atoms with E-state index in [1.54, 1.807) is 6.20 Å². The lowest BCUT2D eigenvalue weighted by molar-refractivity contribution is 0.498. The Morgan fingerprint density at radius 1 is 1.15 bits per heavy atom. The van der Waals surface area contributed by atoms with Crippen LogP contribution in [-0.2, 0) is 6.42 Å². The first-order chi connectivity index (χ1) is 9.61. The number of rotatable bonds is 5. The predicted molar refractivity (Wildman–Crippen MR) is 75.5 cm³/mol. The van der Waals surface area contributed by atoms with Crippen LogP contribution < -0.4 is 5.32 Å². The molecule has 1 aromatic heterocycles. The van der Waals surface area contributed by atoms with Crippen molar-refractivity contribution < 1.29 is 8.78 Å². The van der Waals surface area contributed by atoms with E-state index in [9.17, 15) is 8.78 Å². The van der Waals surface area contributed by atoms with Crippen LogP contribution in [0.15, 0.2) is 36.5 Å². The lowest BCUT2D eigenvalue weighted by Crippen LogP contribution is -2.24. The Kier molecular flexibility index (Phi) is 4.79. The molecule has 106 valence electrons. The average molecular weight is 276 g/mol. The highest BCUT2D eigenvalue weighted by atomic mass is 19.1. The molecule has 0 aliphatic carbocycles. The number of aryl methyl sites for hydroxylation is 1. The Morgan fingerprint density at radius 3 is 2.40 bits per heavy atom. The number of nitrogens with one attached hydrogen (secondary N) is 1. The van der Waals surface area contributed by atoms with Gasteiger partial charge in [0.15, 0.2) is 0 Å². The van der Waals surface area contributed by atoms with Crippen molar-refractivity contribution in [3.8, 4) is 0 Å². The van der Waals surface area contributed by atoms with Gasteiger partial charge < -0.3 is 5.32 Å². The molecule has 4 heteroatoms. The van der Waals surface area contributed by atoms with Gasteiger partial charge in [-0.15, -0.1) is 0 Å². The van der Waals surface area contributed by atoms with Gasteiger partial charge in [-0.25, -0.2) is 8.78 Å². The lowest BCUT2D eigenvalue weighted by atomic mass is 9.99. The molecule has 0 amide bonds. The quantitative estimate of drug-likeness (QED) is 0.903. The van der Waals surface area contributed by atoms with E-state index >= 15 is 0 Å². The van der Waals surface area contributed by atoms with Crippen LogP contribution in [0.5, 0.6) is 0 Å². The fourth-order valence-corrected chi connectivity index (χ4v) is 2.17. The van der Waals surface area contributed by atoms with Gasteiger partial charge >= 0.3 is 0 Å². The summed E-state index contributed by atoms with van der Waals surface area (Å²) in [5.74, 6) is -1.01. The number of hydrogen-bond acceptors (Lipinski definition) is 2. The zero-order chi connectivity index (χ0) is 14.5. The van der Waals surface area contributed by atoms with Gasteiger partial charge in [-0.1, -0.05) is 19.1 Å². The van der Waals surface area contributed by atoms with Gasteiger partial charge in [0.2, 0.25) is 0 Å². The average Bonchev–Trinajstić information content (AvgIpc) is 2.43. The number of pyridine rings is 1. The van der Waals surface area contributed by atoms with Crippen LogP contribution in [0.2, 0.25) is 0 Å². The van der Waals surface area contributed by atoms with Crippen molar-refractivity contribution in [3.63, 3.8) is 0 Å². The highest BCUT2D eigenvalue weighted by Gasteiger charge is 2.17. The SMILES string of the molecule is CCNC(Cc1c(F)cccc1F)c1ccc(C)nc1. The molecule has 1 atom stereocenters. The third kappa shape index (κ3) is 3.39.